The summed E-state index contributed by atoms with van der Waals surface area (Å²) in [6.07, 6.45) is 0. The van der Waals surface area contributed by atoms with Gasteiger partial charge >= 0.3 is 5.63 Å². The number of benzene rings is 2. The Morgan fingerprint density at radius 2 is 1.75 bits per heavy atom. The maximum atomic E-state index is 12.2. The summed E-state index contributed by atoms with van der Waals surface area (Å²) in [4.78, 5) is 12.2. The third kappa shape index (κ3) is 2.37. The van der Waals surface area contributed by atoms with Crippen LogP contribution in [0.3, 0.4) is 0 Å². The van der Waals surface area contributed by atoms with Crippen molar-refractivity contribution in [2.75, 3.05) is 5.73 Å². The monoisotopic (exact) mass is 335 g/mol. The van der Waals surface area contributed by atoms with Crippen molar-refractivity contribution in [3.8, 4) is 0 Å². The topological polar surface area (TPSA) is 81.0 Å². The van der Waals surface area contributed by atoms with Gasteiger partial charge in [-0.3, -0.25) is 0 Å². The fourth-order valence-electron chi connectivity index (χ4n) is 2.59. The average Bonchev–Trinajstić information content (AvgIpc) is 2.92. The van der Waals surface area contributed by atoms with Gasteiger partial charge in [-0.1, -0.05) is 47.2 Å². The minimum absolute atomic E-state index is 0.372. The molecule has 0 fully saturated rings. The minimum Gasteiger partial charge on any atom is -0.422 e. The van der Waals surface area contributed by atoms with Gasteiger partial charge in [0.2, 0.25) is 0 Å². The van der Waals surface area contributed by atoms with Crippen LogP contribution in [0.25, 0.3) is 21.7 Å². The molecule has 0 aliphatic heterocycles. The zero-order chi connectivity index (χ0) is 16.7. The second kappa shape index (κ2) is 5.58. The Morgan fingerprint density at radius 3 is 2.54 bits per heavy atom. The first-order valence-corrected chi connectivity index (χ1v) is 8.17. The van der Waals surface area contributed by atoms with Crippen LogP contribution in [0.15, 0.2) is 68.0 Å². The van der Waals surface area contributed by atoms with Gasteiger partial charge in [0.15, 0.2) is 0 Å². The highest BCUT2D eigenvalue weighted by Gasteiger charge is 2.17. The van der Waals surface area contributed by atoms with Crippen LogP contribution >= 0.6 is 11.3 Å². The summed E-state index contributed by atoms with van der Waals surface area (Å²) >= 11 is 1.24. The maximum absolute atomic E-state index is 12.2. The molecule has 2 N–H and O–H groups in total. The van der Waals surface area contributed by atoms with Crippen molar-refractivity contribution >= 4 is 48.8 Å². The molecule has 0 saturated carbocycles. The number of azo groups is 1. The van der Waals surface area contributed by atoms with Crippen molar-refractivity contribution in [2.45, 2.75) is 6.92 Å². The largest absolute Gasteiger partial charge is 0.422 e. The highest BCUT2D eigenvalue weighted by Crippen LogP contribution is 2.42. The van der Waals surface area contributed by atoms with Crippen LogP contribution in [-0.2, 0) is 0 Å². The van der Waals surface area contributed by atoms with Crippen molar-refractivity contribution in [3.05, 3.63) is 64.5 Å². The number of aryl methyl sites for hydroxylation is 1. The van der Waals surface area contributed by atoms with E-state index in [0.29, 0.717) is 26.4 Å². The first kappa shape index (κ1) is 14.6. The molecular weight excluding hydrogens is 322 g/mol. The summed E-state index contributed by atoms with van der Waals surface area (Å²) in [6.45, 7) is 2.01. The molecule has 4 rings (SSSR count). The van der Waals surface area contributed by atoms with Crippen LogP contribution in [0.5, 0.6) is 0 Å². The van der Waals surface area contributed by atoms with Crippen LogP contribution in [0.2, 0.25) is 0 Å². The number of nitrogen functional groups attached to an aromatic ring is 1. The van der Waals surface area contributed by atoms with E-state index in [1.54, 1.807) is 6.07 Å². The summed E-state index contributed by atoms with van der Waals surface area (Å²) in [5, 5.41) is 11.5. The van der Waals surface area contributed by atoms with Crippen LogP contribution in [0.1, 0.15) is 5.56 Å². The second-order valence-electron chi connectivity index (χ2n) is 5.44. The van der Waals surface area contributed by atoms with E-state index in [-0.39, 0.29) is 0 Å². The molecule has 5 nitrogen and oxygen atoms in total. The summed E-state index contributed by atoms with van der Waals surface area (Å²) in [5.74, 6) is 0. The van der Waals surface area contributed by atoms with Gasteiger partial charge < -0.3 is 10.2 Å². The lowest BCUT2D eigenvalue weighted by Crippen LogP contribution is -2.00. The summed E-state index contributed by atoms with van der Waals surface area (Å²) in [6, 6.07) is 15.1. The van der Waals surface area contributed by atoms with Gasteiger partial charge in [-0.2, -0.15) is 0 Å². The van der Waals surface area contributed by atoms with Gasteiger partial charge in [0.05, 0.1) is 5.69 Å². The molecule has 6 heteroatoms. The molecule has 2 heterocycles. The van der Waals surface area contributed by atoms with Crippen LogP contribution in [-0.4, -0.2) is 0 Å². The molecule has 4 aromatic rings. The zero-order valence-corrected chi connectivity index (χ0v) is 13.6. The lowest BCUT2D eigenvalue weighted by atomic mass is 10.1. The number of nitrogens with zero attached hydrogens (tertiary/aromatic N) is 2. The predicted molar refractivity (Wildman–Crippen MR) is 97.6 cm³/mol. The van der Waals surface area contributed by atoms with E-state index in [9.17, 15) is 4.79 Å². The summed E-state index contributed by atoms with van der Waals surface area (Å²) < 4.78 is 5.34. The Kier molecular flexibility index (Phi) is 3.39. The van der Waals surface area contributed by atoms with Gasteiger partial charge in [0.1, 0.15) is 21.0 Å². The number of nitrogens with two attached hydrogens (primary N) is 1. The fourth-order valence-corrected chi connectivity index (χ4v) is 3.48. The van der Waals surface area contributed by atoms with Crippen molar-refractivity contribution in [3.63, 3.8) is 0 Å². The molecule has 0 bridgehead atoms. The van der Waals surface area contributed by atoms with Crippen molar-refractivity contribution < 1.29 is 4.42 Å². The lowest BCUT2D eigenvalue weighted by Gasteiger charge is -1.99. The standard InChI is InChI=1S/C18H13N3O2S/c1-10-6-8-11(9-7-10)20-21-17-14-12-4-2-3-5-13(12)23-18(22)15(14)16(19)24-17/h2-9H,19H2,1H3. The van der Waals surface area contributed by atoms with E-state index >= 15 is 0 Å². The summed E-state index contributed by atoms with van der Waals surface area (Å²) in [5.41, 5.74) is 7.98. The van der Waals surface area contributed by atoms with Gasteiger partial charge in [-0.25, -0.2) is 4.79 Å². The van der Waals surface area contributed by atoms with Crippen LogP contribution < -0.4 is 11.4 Å². The third-order valence-electron chi connectivity index (χ3n) is 3.77. The van der Waals surface area contributed by atoms with E-state index in [1.807, 2.05) is 49.4 Å². The number of fused-ring (bicyclic) bond motifs is 3. The first-order valence-electron chi connectivity index (χ1n) is 7.36. The molecular formula is C18H13N3O2S. The first-order chi connectivity index (χ1) is 11.6. The SMILES string of the molecule is Cc1ccc(N=Nc2sc(N)c3c(=O)oc4ccccc4c23)cc1. The minimum atomic E-state index is -0.450. The maximum Gasteiger partial charge on any atom is 0.347 e. The Hall–Kier alpha value is -2.99. The van der Waals surface area contributed by atoms with Gasteiger partial charge in [0.25, 0.3) is 0 Å². The van der Waals surface area contributed by atoms with Crippen molar-refractivity contribution in [1.82, 2.24) is 0 Å². The zero-order valence-electron chi connectivity index (χ0n) is 12.8. The Labute approximate surface area is 141 Å². The van der Waals surface area contributed by atoms with Crippen molar-refractivity contribution in [2.24, 2.45) is 10.2 Å². The number of rotatable bonds is 2. The molecule has 0 aliphatic carbocycles. The Bertz CT molecular complexity index is 1140. The van der Waals surface area contributed by atoms with Crippen LogP contribution in [0, 0.1) is 6.92 Å². The number of hydrogen-bond donors (Lipinski definition) is 1. The van der Waals surface area contributed by atoms with E-state index in [4.69, 9.17) is 10.2 Å². The van der Waals surface area contributed by atoms with Gasteiger partial charge in [-0.05, 0) is 25.1 Å². The fraction of sp³-hybridized carbons (Fsp3) is 0.0556. The number of para-hydroxylation sites is 1. The van der Waals surface area contributed by atoms with E-state index in [2.05, 4.69) is 10.2 Å². The highest BCUT2D eigenvalue weighted by molar-refractivity contribution is 7.21. The average molecular weight is 335 g/mol. The molecule has 0 saturated heterocycles. The van der Waals surface area contributed by atoms with E-state index < -0.39 is 5.63 Å². The molecule has 0 unspecified atom stereocenters. The van der Waals surface area contributed by atoms with Crippen LogP contribution in [0.4, 0.5) is 15.7 Å². The second-order valence-corrected chi connectivity index (χ2v) is 6.47. The Morgan fingerprint density at radius 1 is 1.00 bits per heavy atom. The van der Waals surface area contributed by atoms with Gasteiger partial charge in [-0.15, -0.1) is 10.2 Å². The third-order valence-corrected chi connectivity index (χ3v) is 4.67. The smallest absolute Gasteiger partial charge is 0.347 e. The molecule has 118 valence electrons. The molecule has 2 aromatic heterocycles. The molecule has 0 radical (unpaired) electrons. The number of anilines is 1. The predicted octanol–water partition coefficient (Wildman–Crippen LogP) is 5.31. The van der Waals surface area contributed by atoms with Gasteiger partial charge in [0, 0.05) is 10.8 Å². The molecule has 2 aromatic carbocycles. The molecule has 0 amide bonds. The normalized spacial score (nSPS) is 11.7. The van der Waals surface area contributed by atoms with E-state index in [1.165, 1.54) is 11.3 Å². The lowest BCUT2D eigenvalue weighted by molar-refractivity contribution is 0.570. The van der Waals surface area contributed by atoms with Crippen molar-refractivity contribution in [1.29, 1.82) is 0 Å². The quantitative estimate of drug-likeness (QED) is 0.398. The molecule has 24 heavy (non-hydrogen) atoms. The molecule has 0 atom stereocenters. The molecule has 0 aliphatic rings. The van der Waals surface area contributed by atoms with E-state index in [0.717, 1.165) is 16.6 Å². The molecule has 0 spiro atoms. The highest BCUT2D eigenvalue weighted by atomic mass is 32.1. The number of hydrogen-bond acceptors (Lipinski definition) is 6. The summed E-state index contributed by atoms with van der Waals surface area (Å²) in [7, 11) is 0. The number of thiophene rings is 1. The Balaban J connectivity index is 1.95.